The standard InChI is InChI=1S/C32H54N2O13/c1-39-13-14-43-21-22-44-18-15-40-10-2-3-30(35)29(25-27-4-6-28(7-5-27)47-26-32(37)38)34-31(36)8-11-41-16-19-45-23-24-46-20-17-42-12-9-33/h4-7,29H,2-3,8-26,33H2,1H3,(H,34,36)(H,37,38)/t29-/m0/s1. The summed E-state index contributed by atoms with van der Waals surface area (Å²) in [6.45, 7) is 6.39. The first-order chi connectivity index (χ1) is 23.0. The number of methoxy groups -OCH3 is 1. The van der Waals surface area contributed by atoms with Gasteiger partial charge in [0.25, 0.3) is 0 Å². The molecule has 0 aromatic heterocycles. The van der Waals surface area contributed by atoms with Crippen molar-refractivity contribution >= 4 is 17.7 Å². The number of amides is 1. The molecule has 47 heavy (non-hydrogen) atoms. The summed E-state index contributed by atoms with van der Waals surface area (Å²) in [5.41, 5.74) is 6.13. The zero-order valence-corrected chi connectivity index (χ0v) is 27.7. The van der Waals surface area contributed by atoms with E-state index in [0.717, 1.165) is 5.56 Å². The van der Waals surface area contributed by atoms with E-state index in [2.05, 4.69) is 5.32 Å². The van der Waals surface area contributed by atoms with Gasteiger partial charge in [0, 0.05) is 33.1 Å². The Hall–Kier alpha value is -2.73. The average molecular weight is 675 g/mol. The number of hydrogen-bond acceptors (Lipinski definition) is 13. The summed E-state index contributed by atoms with van der Waals surface area (Å²) in [6.07, 6.45) is 1.06. The highest BCUT2D eigenvalue weighted by Crippen LogP contribution is 2.15. The highest BCUT2D eigenvalue weighted by molar-refractivity contribution is 5.89. The topological polar surface area (TPSA) is 193 Å². The smallest absolute Gasteiger partial charge is 0.341 e. The van der Waals surface area contributed by atoms with Gasteiger partial charge in [-0.05, 0) is 30.5 Å². The number of Topliss-reactive ketones (excluding diaryl/α,β-unsaturated/α-hetero) is 1. The van der Waals surface area contributed by atoms with Crippen molar-refractivity contribution in [3.8, 4) is 5.75 Å². The van der Waals surface area contributed by atoms with Crippen molar-refractivity contribution in [2.45, 2.75) is 31.7 Å². The minimum atomic E-state index is -1.08. The Kier molecular flexibility index (Phi) is 27.5. The summed E-state index contributed by atoms with van der Waals surface area (Å²) in [6, 6.07) is 5.98. The van der Waals surface area contributed by atoms with E-state index in [4.69, 9.17) is 53.5 Å². The Bertz CT molecular complexity index is 921. The van der Waals surface area contributed by atoms with E-state index in [1.54, 1.807) is 31.4 Å². The molecule has 4 N–H and O–H groups in total. The summed E-state index contributed by atoms with van der Waals surface area (Å²) >= 11 is 0. The predicted molar refractivity (Wildman–Crippen MR) is 171 cm³/mol. The average Bonchev–Trinajstić information content (AvgIpc) is 3.06. The second-order valence-corrected chi connectivity index (χ2v) is 10.0. The van der Waals surface area contributed by atoms with Crippen LogP contribution in [0.15, 0.2) is 24.3 Å². The molecule has 1 rings (SSSR count). The van der Waals surface area contributed by atoms with Crippen LogP contribution in [0.3, 0.4) is 0 Å². The van der Waals surface area contributed by atoms with Gasteiger partial charge in [0.1, 0.15) is 5.75 Å². The Morgan fingerprint density at radius 2 is 1.17 bits per heavy atom. The Morgan fingerprint density at radius 1 is 0.681 bits per heavy atom. The van der Waals surface area contributed by atoms with Crippen LogP contribution in [0, 0.1) is 0 Å². The molecule has 270 valence electrons. The number of rotatable bonds is 34. The van der Waals surface area contributed by atoms with Crippen molar-refractivity contribution in [2.24, 2.45) is 5.73 Å². The van der Waals surface area contributed by atoms with Crippen LogP contribution >= 0.6 is 0 Å². The molecule has 15 nitrogen and oxygen atoms in total. The van der Waals surface area contributed by atoms with Gasteiger partial charge in [-0.1, -0.05) is 12.1 Å². The highest BCUT2D eigenvalue weighted by Gasteiger charge is 2.21. The van der Waals surface area contributed by atoms with Gasteiger partial charge in [-0.15, -0.1) is 0 Å². The number of benzene rings is 1. The molecule has 0 aliphatic heterocycles. The summed E-state index contributed by atoms with van der Waals surface area (Å²) in [5, 5.41) is 11.6. The minimum absolute atomic E-state index is 0.0815. The van der Waals surface area contributed by atoms with Crippen LogP contribution in [-0.2, 0) is 58.7 Å². The SMILES string of the molecule is COCCOCCOCCOCCCC(=O)[C@H](Cc1ccc(OCC(=O)O)cc1)NC(=O)CCOCCOCCOCCOCCN. The van der Waals surface area contributed by atoms with Crippen LogP contribution in [-0.4, -0.2) is 148 Å². The van der Waals surface area contributed by atoms with Gasteiger partial charge in [0.15, 0.2) is 12.4 Å². The molecule has 0 radical (unpaired) electrons. The van der Waals surface area contributed by atoms with Gasteiger partial charge in [-0.2, -0.15) is 0 Å². The molecule has 0 unspecified atom stereocenters. The van der Waals surface area contributed by atoms with Gasteiger partial charge in [0.05, 0.1) is 98.5 Å². The third kappa shape index (κ3) is 26.0. The first kappa shape index (κ1) is 42.3. The largest absolute Gasteiger partial charge is 0.482 e. The fraction of sp³-hybridized carbons (Fsp3) is 0.719. The number of nitrogens with one attached hydrogen (secondary N) is 1. The van der Waals surface area contributed by atoms with Gasteiger partial charge < -0.3 is 58.8 Å². The molecule has 0 aliphatic rings. The minimum Gasteiger partial charge on any atom is -0.482 e. The highest BCUT2D eigenvalue weighted by atomic mass is 16.6. The van der Waals surface area contributed by atoms with E-state index in [-0.39, 0.29) is 37.6 Å². The summed E-state index contributed by atoms with van der Waals surface area (Å²) in [7, 11) is 1.61. The van der Waals surface area contributed by atoms with Crippen molar-refractivity contribution < 1.29 is 62.1 Å². The normalized spacial score (nSPS) is 11.8. The van der Waals surface area contributed by atoms with Crippen molar-refractivity contribution in [3.63, 3.8) is 0 Å². The van der Waals surface area contributed by atoms with Crippen molar-refractivity contribution in [2.75, 3.05) is 119 Å². The number of carbonyl (C=O) groups excluding carboxylic acids is 2. The summed E-state index contributed by atoms with van der Waals surface area (Å²) in [4.78, 5) is 36.6. The van der Waals surface area contributed by atoms with E-state index in [9.17, 15) is 14.4 Å². The number of aliphatic carboxylic acids is 1. The molecule has 0 saturated carbocycles. The molecule has 1 aromatic carbocycles. The third-order valence-electron chi connectivity index (χ3n) is 6.19. The van der Waals surface area contributed by atoms with E-state index in [0.29, 0.717) is 111 Å². The molecule has 0 aliphatic carbocycles. The second kappa shape index (κ2) is 30.6. The zero-order chi connectivity index (χ0) is 34.2. The van der Waals surface area contributed by atoms with Crippen molar-refractivity contribution in [1.82, 2.24) is 5.32 Å². The molecule has 1 amide bonds. The van der Waals surface area contributed by atoms with Crippen LogP contribution in [0.5, 0.6) is 5.75 Å². The lowest BCUT2D eigenvalue weighted by Crippen LogP contribution is -2.42. The van der Waals surface area contributed by atoms with Crippen LogP contribution < -0.4 is 15.8 Å². The predicted octanol–water partition coefficient (Wildman–Crippen LogP) is 0.638. The summed E-state index contributed by atoms with van der Waals surface area (Å²) in [5.74, 6) is -1.12. The molecule has 0 fully saturated rings. The number of hydrogen-bond donors (Lipinski definition) is 3. The van der Waals surface area contributed by atoms with Crippen LogP contribution in [0.25, 0.3) is 0 Å². The Labute approximate surface area is 277 Å². The lowest BCUT2D eigenvalue weighted by Gasteiger charge is -2.18. The number of nitrogens with two attached hydrogens (primary N) is 1. The third-order valence-corrected chi connectivity index (χ3v) is 6.19. The number of ketones is 1. The maximum Gasteiger partial charge on any atom is 0.341 e. The maximum absolute atomic E-state index is 13.1. The number of carboxylic acid groups (broad SMARTS) is 1. The fourth-order valence-corrected chi connectivity index (χ4v) is 3.83. The monoisotopic (exact) mass is 674 g/mol. The van der Waals surface area contributed by atoms with Crippen LogP contribution in [0.4, 0.5) is 0 Å². The maximum atomic E-state index is 13.1. The van der Waals surface area contributed by atoms with Crippen molar-refractivity contribution in [1.29, 1.82) is 0 Å². The zero-order valence-electron chi connectivity index (χ0n) is 27.7. The molecular weight excluding hydrogens is 620 g/mol. The number of ether oxygens (including phenoxy) is 9. The molecule has 0 heterocycles. The van der Waals surface area contributed by atoms with Gasteiger partial charge in [0.2, 0.25) is 5.91 Å². The molecule has 1 aromatic rings. The number of carboxylic acids is 1. The lowest BCUT2D eigenvalue weighted by atomic mass is 9.99. The number of carbonyl (C=O) groups is 3. The first-order valence-corrected chi connectivity index (χ1v) is 15.9. The quantitative estimate of drug-likeness (QED) is 0.0863. The molecule has 15 heteroatoms. The van der Waals surface area contributed by atoms with E-state index in [1.807, 2.05) is 0 Å². The Balaban J connectivity index is 2.38. The van der Waals surface area contributed by atoms with Gasteiger partial charge in [-0.25, -0.2) is 4.79 Å². The van der Waals surface area contributed by atoms with Gasteiger partial charge >= 0.3 is 5.97 Å². The van der Waals surface area contributed by atoms with Crippen LogP contribution in [0.2, 0.25) is 0 Å². The van der Waals surface area contributed by atoms with E-state index < -0.39 is 18.6 Å². The van der Waals surface area contributed by atoms with Gasteiger partial charge in [-0.3, -0.25) is 9.59 Å². The first-order valence-electron chi connectivity index (χ1n) is 15.9. The van der Waals surface area contributed by atoms with E-state index in [1.165, 1.54) is 0 Å². The molecule has 0 saturated heterocycles. The van der Waals surface area contributed by atoms with Crippen LogP contribution in [0.1, 0.15) is 24.8 Å². The fourth-order valence-electron chi connectivity index (χ4n) is 3.83. The molecule has 0 bridgehead atoms. The van der Waals surface area contributed by atoms with E-state index >= 15 is 0 Å². The second-order valence-electron chi connectivity index (χ2n) is 10.0. The summed E-state index contributed by atoms with van der Waals surface area (Å²) < 4.78 is 47.9. The van der Waals surface area contributed by atoms with Crippen molar-refractivity contribution in [3.05, 3.63) is 29.8 Å². The molecule has 0 spiro atoms. The molecule has 1 atom stereocenters. The lowest BCUT2D eigenvalue weighted by molar-refractivity contribution is -0.139. The Morgan fingerprint density at radius 3 is 1.68 bits per heavy atom. The molecular formula is C32H54N2O13.